The van der Waals surface area contributed by atoms with Crippen molar-refractivity contribution in [3.8, 4) is 11.5 Å². The van der Waals surface area contributed by atoms with Crippen molar-refractivity contribution >= 4 is 10.1 Å². The molecule has 0 saturated carbocycles. The van der Waals surface area contributed by atoms with Crippen LogP contribution in [0, 0.1) is 6.92 Å². The zero-order valence-electron chi connectivity index (χ0n) is 16.5. The number of hydrogen-bond acceptors (Lipinski definition) is 5. The summed E-state index contributed by atoms with van der Waals surface area (Å²) in [5.74, 6) is 1.50. The molecule has 0 atom stereocenters. The van der Waals surface area contributed by atoms with Crippen molar-refractivity contribution in [2.45, 2.75) is 18.2 Å². The van der Waals surface area contributed by atoms with E-state index in [9.17, 15) is 8.42 Å². The summed E-state index contributed by atoms with van der Waals surface area (Å²) in [5.41, 5.74) is 3.33. The van der Waals surface area contributed by atoms with Gasteiger partial charge >= 0.3 is 0 Å². The molecule has 29 heavy (non-hydrogen) atoms. The highest BCUT2D eigenvalue weighted by Crippen LogP contribution is 2.18. The first-order valence-electron chi connectivity index (χ1n) is 9.27. The van der Waals surface area contributed by atoms with E-state index in [0.717, 1.165) is 23.3 Å². The number of aryl methyl sites for hydroxylation is 1. The SMILES string of the molecule is COc1ccc(Cc2ccc(OCCOS(=O)(=O)c3ccc(C)cc3)cc2)cc1. The Bertz CT molecular complexity index is 1010. The highest BCUT2D eigenvalue weighted by Gasteiger charge is 2.14. The van der Waals surface area contributed by atoms with Crippen LogP contribution in [0.4, 0.5) is 0 Å². The largest absolute Gasteiger partial charge is 0.497 e. The lowest BCUT2D eigenvalue weighted by Gasteiger charge is -2.09. The Balaban J connectivity index is 1.46. The number of rotatable bonds is 9. The Morgan fingerprint density at radius 2 is 1.28 bits per heavy atom. The monoisotopic (exact) mass is 412 g/mol. The summed E-state index contributed by atoms with van der Waals surface area (Å²) in [6.45, 7) is 1.99. The van der Waals surface area contributed by atoms with Gasteiger partial charge in [-0.3, -0.25) is 4.18 Å². The molecule has 6 heteroatoms. The van der Waals surface area contributed by atoms with Crippen LogP contribution in [0.25, 0.3) is 0 Å². The van der Waals surface area contributed by atoms with Crippen molar-refractivity contribution < 1.29 is 22.1 Å². The fraction of sp³-hybridized carbons (Fsp3) is 0.217. The molecule has 0 spiro atoms. The highest BCUT2D eigenvalue weighted by atomic mass is 32.2. The molecule has 3 aromatic rings. The van der Waals surface area contributed by atoms with E-state index in [1.54, 1.807) is 19.2 Å². The van der Waals surface area contributed by atoms with Crippen LogP contribution in [-0.4, -0.2) is 28.7 Å². The van der Waals surface area contributed by atoms with Gasteiger partial charge in [0, 0.05) is 0 Å². The van der Waals surface area contributed by atoms with Gasteiger partial charge in [0.15, 0.2) is 0 Å². The van der Waals surface area contributed by atoms with Crippen LogP contribution in [0.3, 0.4) is 0 Å². The van der Waals surface area contributed by atoms with Crippen LogP contribution < -0.4 is 9.47 Å². The second-order valence-electron chi connectivity index (χ2n) is 6.61. The Labute approximate surface area is 172 Å². The van der Waals surface area contributed by atoms with Crippen molar-refractivity contribution in [2.75, 3.05) is 20.3 Å². The molecule has 0 unspecified atom stereocenters. The molecule has 0 N–H and O–H groups in total. The van der Waals surface area contributed by atoms with E-state index in [2.05, 4.69) is 0 Å². The van der Waals surface area contributed by atoms with Crippen molar-refractivity contribution in [1.82, 2.24) is 0 Å². The lowest BCUT2D eigenvalue weighted by Crippen LogP contribution is -2.13. The summed E-state index contributed by atoms with van der Waals surface area (Å²) in [5, 5.41) is 0. The second-order valence-corrected chi connectivity index (χ2v) is 8.22. The van der Waals surface area contributed by atoms with Gasteiger partial charge in [0.05, 0.1) is 12.0 Å². The minimum atomic E-state index is -3.77. The van der Waals surface area contributed by atoms with Gasteiger partial charge < -0.3 is 9.47 Å². The predicted molar refractivity (Wildman–Crippen MR) is 112 cm³/mol. The van der Waals surface area contributed by atoms with E-state index >= 15 is 0 Å². The molecule has 3 rings (SSSR count). The topological polar surface area (TPSA) is 61.8 Å². The molecule has 0 saturated heterocycles. The van der Waals surface area contributed by atoms with Crippen molar-refractivity contribution in [1.29, 1.82) is 0 Å². The third-order valence-electron chi connectivity index (χ3n) is 4.39. The summed E-state index contributed by atoms with van der Waals surface area (Å²) in [6.07, 6.45) is 0.808. The van der Waals surface area contributed by atoms with Crippen LogP contribution in [0.15, 0.2) is 77.7 Å². The van der Waals surface area contributed by atoms with Gasteiger partial charge in [0.25, 0.3) is 10.1 Å². The van der Waals surface area contributed by atoms with Gasteiger partial charge in [-0.1, -0.05) is 42.0 Å². The molecule has 0 aliphatic rings. The van der Waals surface area contributed by atoms with E-state index in [1.165, 1.54) is 17.7 Å². The van der Waals surface area contributed by atoms with E-state index in [-0.39, 0.29) is 18.1 Å². The summed E-state index contributed by atoms with van der Waals surface area (Å²) >= 11 is 0. The Morgan fingerprint density at radius 3 is 1.83 bits per heavy atom. The molecule has 0 bridgehead atoms. The molecule has 0 radical (unpaired) electrons. The fourth-order valence-electron chi connectivity index (χ4n) is 2.76. The van der Waals surface area contributed by atoms with Gasteiger partial charge in [-0.2, -0.15) is 8.42 Å². The molecule has 0 aliphatic carbocycles. The predicted octanol–water partition coefficient (Wildman–Crippen LogP) is 4.38. The minimum absolute atomic E-state index is 0.0518. The van der Waals surface area contributed by atoms with Crippen LogP contribution >= 0.6 is 0 Å². The van der Waals surface area contributed by atoms with Gasteiger partial charge in [-0.15, -0.1) is 0 Å². The van der Waals surface area contributed by atoms with E-state index in [4.69, 9.17) is 13.7 Å². The van der Waals surface area contributed by atoms with Crippen LogP contribution in [0.1, 0.15) is 16.7 Å². The standard InChI is InChI=1S/C23H24O5S/c1-18-3-13-23(14-4-18)29(24,25)28-16-15-27-22-11-7-20(8-12-22)17-19-5-9-21(26-2)10-6-19/h3-14H,15-17H2,1-2H3. The number of ether oxygens (including phenoxy) is 2. The zero-order valence-corrected chi connectivity index (χ0v) is 17.3. The van der Waals surface area contributed by atoms with Crippen molar-refractivity contribution in [2.24, 2.45) is 0 Å². The molecule has 5 nitrogen and oxygen atoms in total. The molecular weight excluding hydrogens is 388 g/mol. The average Bonchev–Trinajstić information content (AvgIpc) is 2.73. The first-order chi connectivity index (χ1) is 14.0. The van der Waals surface area contributed by atoms with Gasteiger partial charge in [-0.25, -0.2) is 0 Å². The number of benzene rings is 3. The van der Waals surface area contributed by atoms with Crippen LogP contribution in [0.2, 0.25) is 0 Å². The number of methoxy groups -OCH3 is 1. The third kappa shape index (κ3) is 6.07. The number of hydrogen-bond donors (Lipinski definition) is 0. The van der Waals surface area contributed by atoms with Crippen LogP contribution in [0.5, 0.6) is 11.5 Å². The summed E-state index contributed by atoms with van der Waals surface area (Å²) in [7, 11) is -2.12. The molecule has 0 aromatic heterocycles. The van der Waals surface area contributed by atoms with Crippen molar-refractivity contribution in [3.63, 3.8) is 0 Å². The summed E-state index contributed by atoms with van der Waals surface area (Å²) in [6, 6.07) is 22.2. The van der Waals surface area contributed by atoms with Gasteiger partial charge in [0.1, 0.15) is 24.7 Å². The smallest absolute Gasteiger partial charge is 0.297 e. The van der Waals surface area contributed by atoms with E-state index in [0.29, 0.717) is 5.75 Å². The Hall–Kier alpha value is -2.83. The Kier molecular flexibility index (Phi) is 6.90. The van der Waals surface area contributed by atoms with E-state index in [1.807, 2.05) is 55.5 Å². The quantitative estimate of drug-likeness (QED) is 0.386. The molecule has 152 valence electrons. The first-order valence-corrected chi connectivity index (χ1v) is 10.7. The van der Waals surface area contributed by atoms with Gasteiger partial charge in [-0.05, 0) is 60.9 Å². The average molecular weight is 413 g/mol. The first kappa shape index (κ1) is 20.9. The normalized spacial score (nSPS) is 11.2. The van der Waals surface area contributed by atoms with Gasteiger partial charge in [0.2, 0.25) is 0 Å². The lowest BCUT2D eigenvalue weighted by atomic mass is 10.0. The zero-order chi connectivity index (χ0) is 20.7. The molecule has 0 aliphatic heterocycles. The maximum absolute atomic E-state index is 12.1. The summed E-state index contributed by atoms with van der Waals surface area (Å²) < 4.78 is 40.0. The van der Waals surface area contributed by atoms with E-state index < -0.39 is 10.1 Å². The Morgan fingerprint density at radius 1 is 0.724 bits per heavy atom. The van der Waals surface area contributed by atoms with Crippen molar-refractivity contribution in [3.05, 3.63) is 89.5 Å². The van der Waals surface area contributed by atoms with Crippen LogP contribution in [-0.2, 0) is 20.7 Å². The molecule has 0 heterocycles. The summed E-state index contributed by atoms with van der Waals surface area (Å²) in [4.78, 5) is 0.144. The maximum Gasteiger partial charge on any atom is 0.297 e. The molecule has 0 amide bonds. The molecule has 0 fully saturated rings. The molecule has 3 aromatic carbocycles. The second kappa shape index (κ2) is 9.58. The third-order valence-corrected chi connectivity index (χ3v) is 5.72. The minimum Gasteiger partial charge on any atom is -0.497 e. The molecular formula is C23H24O5S. The fourth-order valence-corrected chi connectivity index (χ4v) is 3.65. The highest BCUT2D eigenvalue weighted by molar-refractivity contribution is 7.86. The maximum atomic E-state index is 12.1. The lowest BCUT2D eigenvalue weighted by molar-refractivity contribution is 0.221.